The van der Waals surface area contributed by atoms with Gasteiger partial charge in [-0.25, -0.2) is 0 Å². The molecule has 1 aromatic carbocycles. The first-order chi connectivity index (χ1) is 7.29. The summed E-state index contributed by atoms with van der Waals surface area (Å²) in [4.78, 5) is 4.15. The lowest BCUT2D eigenvalue weighted by Crippen LogP contribution is -2.06. The summed E-state index contributed by atoms with van der Waals surface area (Å²) in [6.45, 7) is 1.99. The van der Waals surface area contributed by atoms with Gasteiger partial charge < -0.3 is 5.73 Å². The van der Waals surface area contributed by atoms with E-state index in [1.807, 2.05) is 37.4 Å². The van der Waals surface area contributed by atoms with Gasteiger partial charge in [-0.2, -0.15) is 0 Å². The molecule has 2 rings (SSSR count). The summed E-state index contributed by atoms with van der Waals surface area (Å²) in [5.74, 6) is 0. The zero-order valence-electron chi connectivity index (χ0n) is 8.72. The van der Waals surface area contributed by atoms with Crippen molar-refractivity contribution >= 4 is 0 Å². The number of nitrogens with two attached hydrogens (primary N) is 1. The van der Waals surface area contributed by atoms with Crippen LogP contribution in [-0.2, 0) is 0 Å². The van der Waals surface area contributed by atoms with Gasteiger partial charge in [0.2, 0.25) is 0 Å². The molecular weight excluding hydrogens is 184 g/mol. The van der Waals surface area contributed by atoms with Gasteiger partial charge in [-0.15, -0.1) is 0 Å². The van der Waals surface area contributed by atoms with Gasteiger partial charge in [-0.05, 0) is 24.1 Å². The van der Waals surface area contributed by atoms with Gasteiger partial charge in [0.25, 0.3) is 0 Å². The van der Waals surface area contributed by atoms with E-state index in [1.165, 1.54) is 0 Å². The second-order valence-electron chi connectivity index (χ2n) is 3.62. The van der Waals surface area contributed by atoms with Crippen LogP contribution in [0.2, 0.25) is 0 Å². The molecule has 1 heterocycles. The highest BCUT2D eigenvalue weighted by atomic mass is 14.6. The monoisotopic (exact) mass is 198 g/mol. The normalized spacial score (nSPS) is 12.4. The van der Waals surface area contributed by atoms with Gasteiger partial charge in [0.1, 0.15) is 0 Å². The molecule has 76 valence electrons. The van der Waals surface area contributed by atoms with Gasteiger partial charge in [0.15, 0.2) is 0 Å². The molecule has 0 spiro atoms. The predicted octanol–water partition coefficient (Wildman–Crippen LogP) is 2.77. The Morgan fingerprint density at radius 1 is 1.13 bits per heavy atom. The minimum Gasteiger partial charge on any atom is -0.324 e. The van der Waals surface area contributed by atoms with E-state index in [0.29, 0.717) is 0 Å². The molecule has 15 heavy (non-hydrogen) atoms. The van der Waals surface area contributed by atoms with Crippen LogP contribution >= 0.6 is 0 Å². The number of pyridine rings is 1. The molecule has 0 aliphatic carbocycles. The number of rotatable bonds is 2. The van der Waals surface area contributed by atoms with Gasteiger partial charge in [0.05, 0.1) is 0 Å². The molecule has 0 saturated carbocycles. The Hall–Kier alpha value is -1.67. The van der Waals surface area contributed by atoms with Crippen LogP contribution in [0, 0.1) is 0 Å². The highest BCUT2D eigenvalue weighted by Gasteiger charge is 2.07. The first kappa shape index (κ1) is 9.87. The maximum absolute atomic E-state index is 5.92. The molecule has 0 aliphatic heterocycles. The van der Waals surface area contributed by atoms with Crippen LogP contribution in [0.5, 0.6) is 0 Å². The average Bonchev–Trinajstić information content (AvgIpc) is 2.30. The first-order valence-electron chi connectivity index (χ1n) is 5.04. The van der Waals surface area contributed by atoms with Crippen molar-refractivity contribution < 1.29 is 0 Å². The van der Waals surface area contributed by atoms with E-state index in [1.54, 1.807) is 6.20 Å². The minimum atomic E-state index is 0.0307. The molecule has 2 nitrogen and oxygen atoms in total. The highest BCUT2D eigenvalue weighted by Crippen LogP contribution is 2.25. The molecule has 1 unspecified atom stereocenters. The van der Waals surface area contributed by atoms with Gasteiger partial charge in [-0.3, -0.25) is 4.98 Å². The standard InChI is InChI=1S/C13H14N2/c1-10(14)12-7-8-15-9-13(12)11-5-3-2-4-6-11/h2-10H,14H2,1H3. The second kappa shape index (κ2) is 4.24. The number of hydrogen-bond acceptors (Lipinski definition) is 2. The lowest BCUT2D eigenvalue weighted by Gasteiger charge is -2.11. The first-order valence-corrected chi connectivity index (χ1v) is 5.04. The van der Waals surface area contributed by atoms with Gasteiger partial charge in [-0.1, -0.05) is 30.3 Å². The molecule has 0 fully saturated rings. The highest BCUT2D eigenvalue weighted by molar-refractivity contribution is 5.66. The Bertz CT molecular complexity index is 435. The molecule has 1 aromatic heterocycles. The van der Waals surface area contributed by atoms with E-state index in [0.717, 1.165) is 16.7 Å². The second-order valence-corrected chi connectivity index (χ2v) is 3.62. The van der Waals surface area contributed by atoms with Gasteiger partial charge >= 0.3 is 0 Å². The number of nitrogens with zero attached hydrogens (tertiary/aromatic N) is 1. The maximum atomic E-state index is 5.92. The predicted molar refractivity (Wildman–Crippen MR) is 62.3 cm³/mol. The van der Waals surface area contributed by atoms with Crippen LogP contribution in [0.1, 0.15) is 18.5 Å². The van der Waals surface area contributed by atoms with Crippen LogP contribution in [0.4, 0.5) is 0 Å². The largest absolute Gasteiger partial charge is 0.324 e. The topological polar surface area (TPSA) is 38.9 Å². The van der Waals surface area contributed by atoms with E-state index in [2.05, 4.69) is 17.1 Å². The van der Waals surface area contributed by atoms with Gasteiger partial charge in [0, 0.05) is 24.0 Å². The van der Waals surface area contributed by atoms with Crippen molar-refractivity contribution in [1.29, 1.82) is 0 Å². The van der Waals surface area contributed by atoms with E-state index in [4.69, 9.17) is 5.73 Å². The summed E-state index contributed by atoms with van der Waals surface area (Å²) in [6.07, 6.45) is 3.65. The third-order valence-corrected chi connectivity index (χ3v) is 2.43. The molecule has 1 atom stereocenters. The van der Waals surface area contributed by atoms with Crippen molar-refractivity contribution in [3.8, 4) is 11.1 Å². The Morgan fingerprint density at radius 2 is 1.87 bits per heavy atom. The number of benzene rings is 1. The van der Waals surface area contributed by atoms with Crippen LogP contribution in [0.3, 0.4) is 0 Å². The van der Waals surface area contributed by atoms with E-state index < -0.39 is 0 Å². The SMILES string of the molecule is CC(N)c1ccncc1-c1ccccc1. The molecule has 0 aliphatic rings. The molecule has 2 aromatic rings. The summed E-state index contributed by atoms with van der Waals surface area (Å²) in [5, 5.41) is 0. The maximum Gasteiger partial charge on any atom is 0.0349 e. The summed E-state index contributed by atoms with van der Waals surface area (Å²) in [6, 6.07) is 12.2. The fourth-order valence-corrected chi connectivity index (χ4v) is 1.66. The van der Waals surface area contributed by atoms with Crippen LogP contribution in [0.15, 0.2) is 48.8 Å². The lowest BCUT2D eigenvalue weighted by atomic mass is 9.98. The fraction of sp³-hybridized carbons (Fsp3) is 0.154. The van der Waals surface area contributed by atoms with Crippen molar-refractivity contribution in [3.05, 3.63) is 54.4 Å². The quantitative estimate of drug-likeness (QED) is 0.805. The Kier molecular flexibility index (Phi) is 2.79. The van der Waals surface area contributed by atoms with E-state index >= 15 is 0 Å². The van der Waals surface area contributed by atoms with Crippen LogP contribution < -0.4 is 5.73 Å². The van der Waals surface area contributed by atoms with Crippen molar-refractivity contribution in [3.63, 3.8) is 0 Å². The van der Waals surface area contributed by atoms with Crippen molar-refractivity contribution in [2.75, 3.05) is 0 Å². The summed E-state index contributed by atoms with van der Waals surface area (Å²) in [5.41, 5.74) is 9.34. The summed E-state index contributed by atoms with van der Waals surface area (Å²) in [7, 11) is 0. The Morgan fingerprint density at radius 3 is 2.53 bits per heavy atom. The zero-order chi connectivity index (χ0) is 10.7. The van der Waals surface area contributed by atoms with Crippen LogP contribution in [-0.4, -0.2) is 4.98 Å². The molecule has 0 saturated heterocycles. The molecule has 0 bridgehead atoms. The molecule has 2 heteroatoms. The zero-order valence-corrected chi connectivity index (χ0v) is 8.72. The fourth-order valence-electron chi connectivity index (χ4n) is 1.66. The summed E-state index contributed by atoms with van der Waals surface area (Å²) >= 11 is 0. The van der Waals surface area contributed by atoms with Crippen molar-refractivity contribution in [1.82, 2.24) is 4.98 Å². The smallest absolute Gasteiger partial charge is 0.0349 e. The third-order valence-electron chi connectivity index (χ3n) is 2.43. The molecule has 2 N–H and O–H groups in total. The Labute approximate surface area is 89.8 Å². The third kappa shape index (κ3) is 2.05. The Balaban J connectivity index is 2.53. The molecular formula is C13H14N2. The van der Waals surface area contributed by atoms with E-state index in [-0.39, 0.29) is 6.04 Å². The average molecular weight is 198 g/mol. The van der Waals surface area contributed by atoms with Crippen molar-refractivity contribution in [2.24, 2.45) is 5.73 Å². The van der Waals surface area contributed by atoms with E-state index in [9.17, 15) is 0 Å². The van der Waals surface area contributed by atoms with Crippen molar-refractivity contribution in [2.45, 2.75) is 13.0 Å². The molecule has 0 amide bonds. The van der Waals surface area contributed by atoms with Crippen LogP contribution in [0.25, 0.3) is 11.1 Å². The number of aromatic nitrogens is 1. The minimum absolute atomic E-state index is 0.0307. The number of hydrogen-bond donors (Lipinski definition) is 1. The summed E-state index contributed by atoms with van der Waals surface area (Å²) < 4.78 is 0. The lowest BCUT2D eigenvalue weighted by molar-refractivity contribution is 0.818. The molecule has 0 radical (unpaired) electrons.